The number of benzene rings is 6. The van der Waals surface area contributed by atoms with Gasteiger partial charge in [-0.3, -0.25) is 0 Å². The quantitative estimate of drug-likeness (QED) is 0.193. The lowest BCUT2D eigenvalue weighted by Gasteiger charge is -2.35. The van der Waals surface area contributed by atoms with Gasteiger partial charge in [0.25, 0.3) is 0 Å². The highest BCUT2D eigenvalue weighted by atomic mass is 16.5. The molecule has 3 heteroatoms. The van der Waals surface area contributed by atoms with Crippen molar-refractivity contribution < 1.29 is 26.5 Å². The molecule has 0 aromatic heterocycles. The van der Waals surface area contributed by atoms with E-state index in [1.165, 1.54) is 12.1 Å². The highest BCUT2D eigenvalue weighted by molar-refractivity contribution is 5.88. The Hall–Kier alpha value is -5.28. The summed E-state index contributed by atoms with van der Waals surface area (Å²) in [6, 6.07) is 33.4. The van der Waals surface area contributed by atoms with E-state index < -0.39 is 31.6 Å². The first-order valence-corrected chi connectivity index (χ1v) is 16.0. The molecule has 0 N–H and O–H groups in total. The minimum atomic E-state index is -2.94. The first kappa shape index (κ1) is 21.6. The van der Waals surface area contributed by atoms with Crippen LogP contribution < -0.4 is 14.2 Å². The van der Waals surface area contributed by atoms with E-state index in [9.17, 15) is 0 Å². The lowest BCUT2D eigenvalue weighted by atomic mass is 9.74. The molecule has 2 heterocycles. The van der Waals surface area contributed by atoms with Crippen LogP contribution >= 0.6 is 0 Å². The van der Waals surface area contributed by atoms with E-state index in [0.29, 0.717) is 28.4 Å². The monoisotopic (exact) mass is 637 g/mol. The van der Waals surface area contributed by atoms with Gasteiger partial charge < -0.3 is 14.2 Å². The Balaban J connectivity index is 1.43. The summed E-state index contributed by atoms with van der Waals surface area (Å²) in [7, 11) is 0. The highest BCUT2D eigenvalue weighted by Crippen LogP contribution is 2.53. The van der Waals surface area contributed by atoms with Crippen LogP contribution in [-0.2, 0) is 11.0 Å². The van der Waals surface area contributed by atoms with E-state index >= 15 is 0 Å². The maximum atomic E-state index is 9.02. The number of rotatable bonds is 3. The first-order chi connectivity index (χ1) is 26.7. The number of hydrogen-bond acceptors (Lipinski definition) is 3. The van der Waals surface area contributed by atoms with Crippen LogP contribution in [0.4, 0.5) is 0 Å². The van der Waals surface area contributed by atoms with Crippen LogP contribution in [0.15, 0.2) is 115 Å². The SMILES string of the molecule is [2H]C([2H])([2H])c1ccc(-c2cccc(-c3cccc4c3Oc3ccccc3C4(C)C)c2C([2H])([2H])[2H])c(C([2H])([2H])[2H])c1-c1cccc2c1Oc1ccccc1C(C)(C)O2. The lowest BCUT2D eigenvalue weighted by Crippen LogP contribution is -2.24. The Kier molecular flexibility index (Phi) is 4.89. The predicted octanol–water partition coefficient (Wildman–Crippen LogP) is 12.5. The van der Waals surface area contributed by atoms with Gasteiger partial charge in [0, 0.05) is 45.6 Å². The fourth-order valence-corrected chi connectivity index (χ4v) is 7.18. The molecular weight excluding hydrogens is 588 g/mol. The summed E-state index contributed by atoms with van der Waals surface area (Å²) in [4.78, 5) is 0. The van der Waals surface area contributed by atoms with Crippen molar-refractivity contribution in [3.05, 3.63) is 149 Å². The van der Waals surface area contributed by atoms with Crippen LogP contribution in [0.1, 0.15) is 73.4 Å². The summed E-state index contributed by atoms with van der Waals surface area (Å²) >= 11 is 0. The second-order valence-corrected chi connectivity index (χ2v) is 13.4. The maximum Gasteiger partial charge on any atom is 0.177 e. The van der Waals surface area contributed by atoms with Gasteiger partial charge >= 0.3 is 0 Å². The molecule has 0 atom stereocenters. The molecule has 238 valence electrons. The summed E-state index contributed by atoms with van der Waals surface area (Å²) in [5.41, 5.74) is 1.70. The molecular formula is C45H40O3. The molecule has 6 aromatic rings. The lowest BCUT2D eigenvalue weighted by molar-refractivity contribution is 0.111. The molecule has 0 aliphatic carbocycles. The summed E-state index contributed by atoms with van der Waals surface area (Å²) in [6.07, 6.45) is 0. The summed E-state index contributed by atoms with van der Waals surface area (Å²) < 4.78 is 99.5. The van der Waals surface area contributed by atoms with Crippen LogP contribution in [0.2, 0.25) is 0 Å². The second-order valence-electron chi connectivity index (χ2n) is 13.4. The largest absolute Gasteiger partial charge is 0.479 e. The molecule has 0 bridgehead atoms. The third-order valence-corrected chi connectivity index (χ3v) is 9.67. The van der Waals surface area contributed by atoms with Crippen molar-refractivity contribution in [3.63, 3.8) is 0 Å². The Morgan fingerprint density at radius 3 is 1.79 bits per heavy atom. The average Bonchev–Trinajstić information content (AvgIpc) is 3.25. The zero-order chi connectivity index (χ0) is 40.9. The molecule has 0 unspecified atom stereocenters. The van der Waals surface area contributed by atoms with Crippen molar-refractivity contribution in [1.29, 1.82) is 0 Å². The predicted molar refractivity (Wildman–Crippen MR) is 196 cm³/mol. The van der Waals surface area contributed by atoms with Gasteiger partial charge in [-0.15, -0.1) is 0 Å². The molecule has 0 amide bonds. The van der Waals surface area contributed by atoms with Crippen molar-refractivity contribution >= 4 is 0 Å². The number of fused-ring (bicyclic) bond motifs is 4. The fourth-order valence-electron chi connectivity index (χ4n) is 7.18. The third-order valence-electron chi connectivity index (χ3n) is 9.67. The van der Waals surface area contributed by atoms with Crippen LogP contribution in [0, 0.1) is 20.6 Å². The van der Waals surface area contributed by atoms with Gasteiger partial charge in [0.2, 0.25) is 0 Å². The van der Waals surface area contributed by atoms with Gasteiger partial charge in [0.05, 0.1) is 0 Å². The molecule has 0 saturated carbocycles. The van der Waals surface area contributed by atoms with Crippen molar-refractivity contribution in [3.8, 4) is 62.1 Å². The summed E-state index contributed by atoms with van der Waals surface area (Å²) in [5.74, 6) is 2.06. The van der Waals surface area contributed by atoms with E-state index in [2.05, 4.69) is 13.8 Å². The van der Waals surface area contributed by atoms with E-state index in [0.717, 1.165) is 16.7 Å². The van der Waals surface area contributed by atoms with Gasteiger partial charge in [-0.2, -0.15) is 0 Å². The van der Waals surface area contributed by atoms with Gasteiger partial charge in [-0.25, -0.2) is 0 Å². The number of aryl methyl sites for hydroxylation is 1. The maximum absolute atomic E-state index is 9.02. The summed E-state index contributed by atoms with van der Waals surface area (Å²) in [5, 5.41) is 0. The van der Waals surface area contributed by atoms with Gasteiger partial charge in [0.15, 0.2) is 11.5 Å². The van der Waals surface area contributed by atoms with E-state index in [1.807, 2.05) is 68.4 Å². The zero-order valence-corrected chi connectivity index (χ0v) is 27.2. The zero-order valence-electron chi connectivity index (χ0n) is 36.2. The number of ether oxygens (including phenoxy) is 3. The Bertz CT molecular complexity index is 2580. The van der Waals surface area contributed by atoms with Crippen LogP contribution in [0.25, 0.3) is 33.4 Å². The van der Waals surface area contributed by atoms with Crippen molar-refractivity contribution in [2.75, 3.05) is 0 Å². The van der Waals surface area contributed by atoms with Crippen LogP contribution in [0.5, 0.6) is 28.7 Å². The molecule has 0 spiro atoms. The Morgan fingerprint density at radius 1 is 0.458 bits per heavy atom. The molecule has 0 radical (unpaired) electrons. The molecule has 8 rings (SSSR count). The Labute approximate surface area is 296 Å². The molecule has 2 aliphatic heterocycles. The summed E-state index contributed by atoms with van der Waals surface area (Å²) in [6.45, 7) is -0.531. The smallest absolute Gasteiger partial charge is 0.177 e. The normalized spacial score (nSPS) is 18.5. The first-order valence-electron chi connectivity index (χ1n) is 20.5. The van der Waals surface area contributed by atoms with Crippen molar-refractivity contribution in [1.82, 2.24) is 0 Å². The van der Waals surface area contributed by atoms with E-state index in [-0.39, 0.29) is 50.4 Å². The molecule has 0 fully saturated rings. The molecule has 48 heavy (non-hydrogen) atoms. The molecule has 0 saturated heterocycles. The van der Waals surface area contributed by atoms with Gasteiger partial charge in [0.1, 0.15) is 22.8 Å². The number of para-hydroxylation sites is 4. The molecule has 3 nitrogen and oxygen atoms in total. The molecule has 2 aliphatic rings. The average molecular weight is 638 g/mol. The van der Waals surface area contributed by atoms with Crippen molar-refractivity contribution in [2.45, 2.75) is 59.3 Å². The van der Waals surface area contributed by atoms with Crippen molar-refractivity contribution in [2.24, 2.45) is 0 Å². The number of hydrogen-bond donors (Lipinski definition) is 0. The Morgan fingerprint density at radius 2 is 1.02 bits per heavy atom. The van der Waals surface area contributed by atoms with E-state index in [4.69, 9.17) is 26.5 Å². The molecule has 6 aromatic carbocycles. The minimum absolute atomic E-state index is 0.0511. The van der Waals surface area contributed by atoms with Crippen LogP contribution in [0.3, 0.4) is 0 Å². The standard InChI is InChI=1S/C45H40O3/c1-27-25-26-32(29(3)41(27)34-18-14-24-40-43(34)47-39-23-11-9-20-36(39)45(6,7)48-40)30-15-12-16-31(28(30)2)33-17-13-21-37-42(33)46-38-22-10-8-19-35(38)44(37,4)5/h8-26H,1-7H3/i1D3,2D3,3D3. The van der Waals surface area contributed by atoms with Gasteiger partial charge in [-0.05, 0) is 91.5 Å². The fraction of sp³-hybridized carbons (Fsp3) is 0.200. The minimum Gasteiger partial charge on any atom is -0.479 e. The third kappa shape index (κ3) is 4.56. The topological polar surface area (TPSA) is 27.7 Å². The van der Waals surface area contributed by atoms with Gasteiger partial charge in [-0.1, -0.05) is 111 Å². The van der Waals surface area contributed by atoms with Crippen LogP contribution in [-0.4, -0.2) is 0 Å². The second kappa shape index (κ2) is 10.9. The highest BCUT2D eigenvalue weighted by Gasteiger charge is 2.36. The van der Waals surface area contributed by atoms with E-state index in [1.54, 1.807) is 48.5 Å².